The number of thiocarbonyl (C=S) groups is 1. The molecule has 142 valence electrons. The first kappa shape index (κ1) is 21.1. The molecule has 27 heavy (non-hydrogen) atoms. The number of nitro benzene ring substituents is 1. The van der Waals surface area contributed by atoms with Crippen molar-refractivity contribution < 1.29 is 14.5 Å². The monoisotopic (exact) mass is 471 g/mol. The molecule has 0 heterocycles. The normalized spacial score (nSPS) is 10.2. The molecular formula is C17H15BrClN3O4S. The Bertz CT molecular complexity index is 894. The van der Waals surface area contributed by atoms with Gasteiger partial charge in [-0.2, -0.15) is 0 Å². The molecule has 2 rings (SSSR count). The smallest absolute Gasteiger partial charge is 0.289 e. The molecule has 2 aromatic rings. The second kappa shape index (κ2) is 9.63. The van der Waals surface area contributed by atoms with Crippen molar-refractivity contribution in [2.45, 2.75) is 13.3 Å². The third kappa shape index (κ3) is 6.16. The van der Waals surface area contributed by atoms with Gasteiger partial charge < -0.3 is 10.1 Å². The number of hydrogen-bond acceptors (Lipinski definition) is 5. The lowest BCUT2D eigenvalue weighted by Gasteiger charge is -2.11. The van der Waals surface area contributed by atoms with Gasteiger partial charge in [-0.25, -0.2) is 0 Å². The van der Waals surface area contributed by atoms with E-state index >= 15 is 0 Å². The largest absolute Gasteiger partial charge is 0.483 e. The third-order valence-electron chi connectivity index (χ3n) is 3.42. The summed E-state index contributed by atoms with van der Waals surface area (Å²) >= 11 is 14.2. The van der Waals surface area contributed by atoms with Gasteiger partial charge in [0.25, 0.3) is 11.6 Å². The minimum atomic E-state index is -0.606. The Kier molecular flexibility index (Phi) is 7.52. The quantitative estimate of drug-likeness (QED) is 0.366. The first-order chi connectivity index (χ1) is 12.8. The highest BCUT2D eigenvalue weighted by molar-refractivity contribution is 9.10. The Balaban J connectivity index is 1.90. The van der Waals surface area contributed by atoms with Gasteiger partial charge in [0.2, 0.25) is 0 Å². The molecule has 0 aliphatic heterocycles. The summed E-state index contributed by atoms with van der Waals surface area (Å²) in [7, 11) is 0. The second-order valence-corrected chi connectivity index (χ2v) is 7.00. The van der Waals surface area contributed by atoms with Crippen molar-refractivity contribution in [3.8, 4) is 5.75 Å². The number of halogens is 2. The highest BCUT2D eigenvalue weighted by atomic mass is 79.9. The SMILES string of the molecule is CCc1ccc(OCC(=O)NC(=S)Nc2ccc(Cl)c([N+](=O)[O-])c2)c(Br)c1. The standard InChI is InChI=1S/C17H15BrClN3O4S/c1-2-10-3-6-15(12(18)7-10)26-9-16(23)21-17(27)20-11-4-5-13(19)14(8-11)22(24)25/h3-8H,2,9H2,1H3,(H2,20,21,23,27). The van der Waals surface area contributed by atoms with Crippen molar-refractivity contribution >= 4 is 62.1 Å². The van der Waals surface area contributed by atoms with Gasteiger partial charge in [-0.15, -0.1) is 0 Å². The van der Waals surface area contributed by atoms with Crippen LogP contribution in [0.5, 0.6) is 5.75 Å². The van der Waals surface area contributed by atoms with E-state index in [-0.39, 0.29) is 22.4 Å². The first-order valence-corrected chi connectivity index (χ1v) is 9.34. The number of benzene rings is 2. The molecule has 0 bridgehead atoms. The van der Waals surface area contributed by atoms with Crippen LogP contribution in [0.4, 0.5) is 11.4 Å². The molecule has 0 unspecified atom stereocenters. The van der Waals surface area contributed by atoms with E-state index in [1.165, 1.54) is 18.2 Å². The van der Waals surface area contributed by atoms with Crippen LogP contribution in [0.3, 0.4) is 0 Å². The van der Waals surface area contributed by atoms with Gasteiger partial charge in [-0.05, 0) is 64.4 Å². The lowest BCUT2D eigenvalue weighted by Crippen LogP contribution is -2.37. The van der Waals surface area contributed by atoms with E-state index in [1.54, 1.807) is 6.07 Å². The predicted octanol–water partition coefficient (Wildman–Crippen LogP) is 4.47. The molecule has 2 N–H and O–H groups in total. The van der Waals surface area contributed by atoms with Crippen LogP contribution in [0.2, 0.25) is 5.02 Å². The van der Waals surface area contributed by atoms with Crippen LogP contribution in [0, 0.1) is 10.1 Å². The highest BCUT2D eigenvalue weighted by Gasteiger charge is 2.14. The summed E-state index contributed by atoms with van der Waals surface area (Å²) in [5.41, 5.74) is 1.20. The number of nitrogens with zero attached hydrogens (tertiary/aromatic N) is 1. The Labute approximate surface area is 174 Å². The molecule has 10 heteroatoms. The van der Waals surface area contributed by atoms with Crippen LogP contribution < -0.4 is 15.4 Å². The van der Waals surface area contributed by atoms with Crippen molar-refractivity contribution in [2.75, 3.05) is 11.9 Å². The summed E-state index contributed by atoms with van der Waals surface area (Å²) in [4.78, 5) is 22.3. The third-order valence-corrected chi connectivity index (χ3v) is 4.56. The van der Waals surface area contributed by atoms with Crippen LogP contribution in [0.1, 0.15) is 12.5 Å². The minimum absolute atomic E-state index is 0.00794. The number of aryl methyl sites for hydroxylation is 1. The molecular weight excluding hydrogens is 458 g/mol. The minimum Gasteiger partial charge on any atom is -0.483 e. The zero-order chi connectivity index (χ0) is 20.0. The van der Waals surface area contributed by atoms with Gasteiger partial charge in [0.15, 0.2) is 11.7 Å². The Hall–Kier alpha value is -2.23. The first-order valence-electron chi connectivity index (χ1n) is 7.76. The Morgan fingerprint density at radius 3 is 2.70 bits per heavy atom. The molecule has 1 amide bonds. The molecule has 7 nitrogen and oxygen atoms in total. The molecule has 0 aliphatic carbocycles. The van der Waals surface area contributed by atoms with E-state index < -0.39 is 10.8 Å². The maximum absolute atomic E-state index is 12.0. The van der Waals surface area contributed by atoms with E-state index in [0.29, 0.717) is 11.4 Å². The van der Waals surface area contributed by atoms with Gasteiger partial charge in [0, 0.05) is 11.8 Å². The summed E-state index contributed by atoms with van der Waals surface area (Å²) in [5.74, 6) is 0.0667. The zero-order valence-electron chi connectivity index (χ0n) is 14.1. The molecule has 2 aromatic carbocycles. The van der Waals surface area contributed by atoms with E-state index in [2.05, 4.69) is 26.6 Å². The average molecular weight is 473 g/mol. The van der Waals surface area contributed by atoms with Crippen LogP contribution in [-0.4, -0.2) is 22.5 Å². The number of anilines is 1. The summed E-state index contributed by atoms with van der Waals surface area (Å²) in [6.07, 6.45) is 0.891. The summed E-state index contributed by atoms with van der Waals surface area (Å²) in [6.45, 7) is 1.80. The molecule has 0 aliphatic rings. The van der Waals surface area contributed by atoms with Crippen LogP contribution >= 0.6 is 39.7 Å². The van der Waals surface area contributed by atoms with Gasteiger partial charge in [-0.3, -0.25) is 20.2 Å². The van der Waals surface area contributed by atoms with Crippen molar-refractivity contribution in [1.29, 1.82) is 0 Å². The number of ether oxygens (including phenoxy) is 1. The number of rotatable bonds is 6. The summed E-state index contributed by atoms with van der Waals surface area (Å²) < 4.78 is 6.22. The van der Waals surface area contributed by atoms with E-state index in [9.17, 15) is 14.9 Å². The lowest BCUT2D eigenvalue weighted by molar-refractivity contribution is -0.384. The molecule has 0 saturated heterocycles. The van der Waals surface area contributed by atoms with Crippen molar-refractivity contribution in [3.63, 3.8) is 0 Å². The van der Waals surface area contributed by atoms with Gasteiger partial charge in [0.05, 0.1) is 9.40 Å². The zero-order valence-corrected chi connectivity index (χ0v) is 17.3. The van der Waals surface area contributed by atoms with Crippen molar-refractivity contribution in [2.24, 2.45) is 0 Å². The average Bonchev–Trinajstić information content (AvgIpc) is 2.61. The van der Waals surface area contributed by atoms with E-state index in [0.717, 1.165) is 16.5 Å². The number of nitro groups is 1. The van der Waals surface area contributed by atoms with Crippen molar-refractivity contribution in [1.82, 2.24) is 5.32 Å². The topological polar surface area (TPSA) is 93.5 Å². The summed E-state index contributed by atoms with van der Waals surface area (Å²) in [6, 6.07) is 9.72. The Morgan fingerprint density at radius 2 is 2.07 bits per heavy atom. The molecule has 0 radical (unpaired) electrons. The molecule has 0 aromatic heterocycles. The lowest BCUT2D eigenvalue weighted by atomic mass is 10.2. The number of hydrogen-bond donors (Lipinski definition) is 2. The van der Waals surface area contributed by atoms with Gasteiger partial charge in [0.1, 0.15) is 10.8 Å². The molecule has 0 fully saturated rings. The number of amides is 1. The molecule has 0 spiro atoms. The summed E-state index contributed by atoms with van der Waals surface area (Å²) in [5, 5.41) is 16.0. The fraction of sp³-hybridized carbons (Fsp3) is 0.176. The second-order valence-electron chi connectivity index (χ2n) is 5.33. The van der Waals surface area contributed by atoms with Crippen molar-refractivity contribution in [3.05, 3.63) is 61.6 Å². The fourth-order valence-corrected chi connectivity index (χ4v) is 3.04. The maximum Gasteiger partial charge on any atom is 0.289 e. The van der Waals surface area contributed by atoms with Gasteiger partial charge >= 0.3 is 0 Å². The molecule has 0 saturated carbocycles. The predicted molar refractivity (Wildman–Crippen MR) is 111 cm³/mol. The molecule has 0 atom stereocenters. The van der Waals surface area contributed by atoms with Gasteiger partial charge in [-0.1, -0.05) is 24.6 Å². The number of nitrogens with one attached hydrogen (secondary N) is 2. The van der Waals surface area contributed by atoms with Crippen LogP contribution in [-0.2, 0) is 11.2 Å². The van der Waals surface area contributed by atoms with Crippen LogP contribution in [0.15, 0.2) is 40.9 Å². The number of carbonyl (C=O) groups is 1. The maximum atomic E-state index is 12.0. The number of carbonyl (C=O) groups excluding carboxylic acids is 1. The van der Waals surface area contributed by atoms with E-state index in [4.69, 9.17) is 28.6 Å². The van der Waals surface area contributed by atoms with E-state index in [1.807, 2.05) is 19.1 Å². The van der Waals surface area contributed by atoms with Crippen LogP contribution in [0.25, 0.3) is 0 Å². The highest BCUT2D eigenvalue weighted by Crippen LogP contribution is 2.27. The Morgan fingerprint density at radius 1 is 1.33 bits per heavy atom. The fourth-order valence-electron chi connectivity index (χ4n) is 2.08.